The van der Waals surface area contributed by atoms with Crippen molar-refractivity contribution in [1.29, 1.82) is 0 Å². The molecule has 0 bridgehead atoms. The van der Waals surface area contributed by atoms with E-state index in [2.05, 4.69) is 47.5 Å². The molecule has 0 aliphatic heterocycles. The highest BCUT2D eigenvalue weighted by atomic mass is 32.2. The molecule has 28 nitrogen and oxygen atoms in total. The van der Waals surface area contributed by atoms with Crippen molar-refractivity contribution >= 4 is 82.8 Å². The molecule has 0 unspecified atom stereocenters. The summed E-state index contributed by atoms with van der Waals surface area (Å²) >= 11 is 1.35. The number of carboxylic acid groups (broad SMARTS) is 2. The Morgan fingerprint density at radius 1 is 0.613 bits per heavy atom. The molecule has 0 fully saturated rings. The van der Waals surface area contributed by atoms with Crippen molar-refractivity contribution in [2.75, 3.05) is 25.2 Å². The van der Waals surface area contributed by atoms with E-state index in [0.717, 1.165) is 0 Å². The van der Waals surface area contributed by atoms with Crippen LogP contribution in [-0.2, 0) is 59.2 Å². The fraction of sp³-hybridized carbons (Fsp3) is 0.609. The summed E-state index contributed by atoms with van der Waals surface area (Å²) in [5, 5.41) is 58.0. The molecular formula is C46H75N13O15S. The highest BCUT2D eigenvalue weighted by Crippen LogP contribution is 2.13. The molecule has 0 aliphatic rings. The van der Waals surface area contributed by atoms with Gasteiger partial charge in [0, 0.05) is 13.0 Å². The number of nitrogens with two attached hydrogens (primary N) is 4. The fourth-order valence-corrected chi connectivity index (χ4v) is 7.37. The van der Waals surface area contributed by atoms with Crippen LogP contribution in [0.2, 0.25) is 0 Å². The number of aliphatic carboxylic acids is 2. The first-order valence-corrected chi connectivity index (χ1v) is 25.3. The molecule has 0 saturated heterocycles. The summed E-state index contributed by atoms with van der Waals surface area (Å²) in [6.45, 7) is 6.69. The van der Waals surface area contributed by atoms with Gasteiger partial charge in [-0.15, -0.1) is 0 Å². The molecule has 0 saturated carbocycles. The van der Waals surface area contributed by atoms with Crippen LogP contribution in [0.25, 0.3) is 0 Å². The third-order valence-corrected chi connectivity index (χ3v) is 11.7. The van der Waals surface area contributed by atoms with Gasteiger partial charge in [0.2, 0.25) is 53.2 Å². The van der Waals surface area contributed by atoms with E-state index >= 15 is 0 Å². The minimum atomic E-state index is -1.75. The Labute approximate surface area is 438 Å². The van der Waals surface area contributed by atoms with E-state index in [1.54, 1.807) is 34.0 Å². The normalized spacial score (nSPS) is 14.6. The molecule has 1 rings (SSSR count). The van der Waals surface area contributed by atoms with Crippen LogP contribution in [-0.4, -0.2) is 171 Å². The Hall–Kier alpha value is -7.27. The van der Waals surface area contributed by atoms with Crippen molar-refractivity contribution in [3.05, 3.63) is 29.8 Å². The van der Waals surface area contributed by atoms with E-state index in [1.165, 1.54) is 43.0 Å². The number of nitrogens with one attached hydrogen (secondary N) is 8. The molecule has 20 N–H and O–H groups in total. The molecule has 75 heavy (non-hydrogen) atoms. The van der Waals surface area contributed by atoms with Crippen molar-refractivity contribution < 1.29 is 73.2 Å². The number of carbonyl (C=O) groups excluding carboxylic acids is 9. The minimum absolute atomic E-state index is 0.0235. The molecule has 29 heteroatoms. The van der Waals surface area contributed by atoms with Gasteiger partial charge in [-0.05, 0) is 87.0 Å². The van der Waals surface area contributed by atoms with Crippen molar-refractivity contribution in [3.8, 4) is 5.75 Å². The maximum absolute atomic E-state index is 14.0. The Morgan fingerprint density at radius 3 is 1.60 bits per heavy atom. The molecule has 420 valence electrons. The van der Waals surface area contributed by atoms with Crippen LogP contribution >= 0.6 is 11.8 Å². The van der Waals surface area contributed by atoms with Gasteiger partial charge >= 0.3 is 11.9 Å². The zero-order valence-electron chi connectivity index (χ0n) is 42.9. The molecule has 1 aromatic carbocycles. The van der Waals surface area contributed by atoms with Crippen LogP contribution in [0.4, 0.5) is 0 Å². The third kappa shape index (κ3) is 25.5. The predicted octanol–water partition coefficient (Wildman–Crippen LogP) is -4.51. The van der Waals surface area contributed by atoms with E-state index in [-0.39, 0.29) is 56.3 Å². The molecule has 0 aliphatic carbocycles. The lowest BCUT2D eigenvalue weighted by atomic mass is 10.0. The van der Waals surface area contributed by atoms with Crippen LogP contribution in [0.5, 0.6) is 5.75 Å². The zero-order chi connectivity index (χ0) is 57.1. The predicted molar refractivity (Wildman–Crippen MR) is 274 cm³/mol. The van der Waals surface area contributed by atoms with Gasteiger partial charge in [0.1, 0.15) is 54.1 Å². The number of aliphatic imine (C=N–C) groups is 1. The molecule has 9 amide bonds. The van der Waals surface area contributed by atoms with Gasteiger partial charge in [0.05, 0.1) is 19.1 Å². The van der Waals surface area contributed by atoms with Crippen LogP contribution < -0.4 is 65.5 Å². The van der Waals surface area contributed by atoms with Gasteiger partial charge in [-0.3, -0.25) is 52.9 Å². The number of carboxylic acids is 2. The lowest BCUT2D eigenvalue weighted by Crippen LogP contribution is -2.61. The van der Waals surface area contributed by atoms with E-state index in [0.29, 0.717) is 11.3 Å². The van der Waals surface area contributed by atoms with Crippen molar-refractivity contribution in [2.24, 2.45) is 39.8 Å². The number of amides is 9. The third-order valence-electron chi connectivity index (χ3n) is 11.0. The Bertz CT molecular complexity index is 2160. The Kier molecular flexibility index (Phi) is 29.4. The highest BCUT2D eigenvalue weighted by molar-refractivity contribution is 7.98. The largest absolute Gasteiger partial charge is 0.508 e. The van der Waals surface area contributed by atoms with E-state index < -0.39 is 151 Å². The first-order valence-electron chi connectivity index (χ1n) is 23.9. The van der Waals surface area contributed by atoms with Gasteiger partial charge in [-0.1, -0.05) is 39.8 Å². The van der Waals surface area contributed by atoms with E-state index in [9.17, 15) is 73.2 Å². The topological polar surface area (TPSA) is 481 Å². The maximum Gasteiger partial charge on any atom is 0.326 e. The summed E-state index contributed by atoms with van der Waals surface area (Å²) in [4.78, 5) is 148. The number of phenolic OH excluding ortho intramolecular Hbond substituents is 1. The highest BCUT2D eigenvalue weighted by Gasteiger charge is 2.35. The number of hydrogen-bond donors (Lipinski definition) is 16. The van der Waals surface area contributed by atoms with Crippen molar-refractivity contribution in [2.45, 2.75) is 140 Å². The molecule has 0 aromatic heterocycles. The van der Waals surface area contributed by atoms with Gasteiger partial charge < -0.3 is 85.9 Å². The van der Waals surface area contributed by atoms with Crippen molar-refractivity contribution in [1.82, 2.24) is 42.5 Å². The van der Waals surface area contributed by atoms with E-state index in [1.807, 2.05) is 0 Å². The molecular weight excluding hydrogens is 1010 g/mol. The van der Waals surface area contributed by atoms with Gasteiger partial charge in [-0.25, -0.2) is 4.79 Å². The fourth-order valence-electron chi connectivity index (χ4n) is 6.90. The number of guanidine groups is 1. The number of carbonyl (C=O) groups is 11. The number of benzene rings is 1. The van der Waals surface area contributed by atoms with Gasteiger partial charge in [0.15, 0.2) is 5.96 Å². The second kappa shape index (κ2) is 33.5. The first kappa shape index (κ1) is 65.7. The van der Waals surface area contributed by atoms with Gasteiger partial charge in [-0.2, -0.15) is 11.8 Å². The lowest BCUT2D eigenvalue weighted by molar-refractivity contribution is -0.143. The average molecular weight is 1080 g/mol. The van der Waals surface area contributed by atoms with E-state index in [4.69, 9.17) is 22.9 Å². The number of hydrogen-bond acceptors (Lipinski definition) is 16. The second-order valence-corrected chi connectivity index (χ2v) is 19.3. The van der Waals surface area contributed by atoms with Crippen LogP contribution in [0, 0.1) is 11.8 Å². The molecule has 0 spiro atoms. The summed E-state index contributed by atoms with van der Waals surface area (Å²) in [6.07, 6.45) is -0.392. The summed E-state index contributed by atoms with van der Waals surface area (Å²) < 4.78 is 0. The SMILES string of the molecule is CSCC[C@H](NC(=O)[C@H](C)NC(=O)[C@H](CO)NC(=O)[C@H](CCCN=C(N)N)NC(=O)[C@H](CCC(N)=O)NC(=O)[C@H](CC(C)C)NC(=O)[C@H](CC(=O)O)NC(=O)[C@@H](N)Cc1ccc(O)cc1)C(=O)N[C@H](C(=O)O)C(C)C. The Balaban J connectivity index is 3.38. The molecule has 0 heterocycles. The first-order chi connectivity index (χ1) is 35.1. The van der Waals surface area contributed by atoms with Crippen LogP contribution in [0.15, 0.2) is 29.3 Å². The average Bonchev–Trinajstić information content (AvgIpc) is 3.32. The van der Waals surface area contributed by atoms with Crippen LogP contribution in [0.3, 0.4) is 0 Å². The number of thioether (sulfide) groups is 1. The summed E-state index contributed by atoms with van der Waals surface area (Å²) in [5.74, 6) is -12.3. The zero-order valence-corrected chi connectivity index (χ0v) is 43.7. The molecule has 0 radical (unpaired) electrons. The number of primary amides is 1. The monoisotopic (exact) mass is 1080 g/mol. The lowest BCUT2D eigenvalue weighted by Gasteiger charge is -2.28. The standard InChI is InChI=1S/C46H75N13O15S/c1-22(2)18-31(57-43(71)32(20-35(63)64)56-38(66)27(47)19-25-9-11-26(61)12-10-25)42(70)55-29(13-14-34(48)62)40(68)54-28(8-7-16-51-46(49)50)39(67)58-33(21-60)44(72)52-24(5)37(65)53-30(15-17-75-6)41(69)59-36(23(3)4)45(73)74/h9-12,22-24,27-33,36,60-61H,7-8,13-21,47H2,1-6H3,(H2,48,62)(H,52,72)(H,53,65)(H,54,68)(H,55,70)(H,56,66)(H,57,71)(H,58,67)(H,59,69)(H,63,64)(H,73,74)(H4,49,50,51)/t24-,27-,28-,29-,30-,31-,32-,33-,36-/m0/s1. The summed E-state index contributed by atoms with van der Waals surface area (Å²) in [5.41, 5.74) is 22.8. The van der Waals surface area contributed by atoms with Crippen LogP contribution in [0.1, 0.15) is 85.1 Å². The van der Waals surface area contributed by atoms with Crippen molar-refractivity contribution in [3.63, 3.8) is 0 Å². The maximum atomic E-state index is 14.0. The molecule has 9 atom stereocenters. The molecule has 1 aromatic rings. The van der Waals surface area contributed by atoms with Gasteiger partial charge in [0.25, 0.3) is 0 Å². The number of phenols is 1. The number of rotatable bonds is 35. The smallest absolute Gasteiger partial charge is 0.326 e. The number of aliphatic hydroxyl groups excluding tert-OH is 1. The Morgan fingerprint density at radius 2 is 1.09 bits per heavy atom. The minimum Gasteiger partial charge on any atom is -0.508 e. The number of aromatic hydroxyl groups is 1. The second-order valence-electron chi connectivity index (χ2n) is 18.3. The number of nitrogens with zero attached hydrogens (tertiary/aromatic N) is 1. The quantitative estimate of drug-likeness (QED) is 0.0173. The summed E-state index contributed by atoms with van der Waals surface area (Å²) in [6, 6.07) is -7.56. The number of aliphatic hydroxyl groups is 1. The summed E-state index contributed by atoms with van der Waals surface area (Å²) in [7, 11) is 0.